The number of nitrogens with one attached hydrogen (secondary N) is 1. The zero-order valence-electron chi connectivity index (χ0n) is 16.5. The van der Waals surface area contributed by atoms with Crippen LogP contribution in [0.2, 0.25) is 0 Å². The maximum absolute atomic E-state index is 12.8. The van der Waals surface area contributed by atoms with E-state index in [1.54, 1.807) is 13.1 Å². The van der Waals surface area contributed by atoms with Crippen molar-refractivity contribution in [1.29, 1.82) is 0 Å². The molecule has 0 saturated carbocycles. The van der Waals surface area contributed by atoms with Gasteiger partial charge in [-0.3, -0.25) is 9.59 Å². The molecule has 0 aromatic heterocycles. The van der Waals surface area contributed by atoms with E-state index in [0.717, 1.165) is 14.8 Å². The molecule has 1 aliphatic rings. The van der Waals surface area contributed by atoms with Crippen LogP contribution >= 0.6 is 11.8 Å². The Hall–Kier alpha value is -2.36. The summed E-state index contributed by atoms with van der Waals surface area (Å²) in [5, 5.41) is 2.28. The van der Waals surface area contributed by atoms with Crippen LogP contribution < -0.4 is 10.2 Å². The summed E-state index contributed by atoms with van der Waals surface area (Å²) in [6.07, 6.45) is 0.0534. The first kappa shape index (κ1) is 21.4. The number of amides is 2. The molecular formula is C20H23N3O4S2. The largest absolute Gasteiger partial charge is 0.352 e. The summed E-state index contributed by atoms with van der Waals surface area (Å²) < 4.78 is 25.9. The quantitative estimate of drug-likeness (QED) is 0.754. The summed E-state index contributed by atoms with van der Waals surface area (Å²) in [5.74, 6) is -0.430. The topological polar surface area (TPSA) is 86.8 Å². The van der Waals surface area contributed by atoms with Crippen LogP contribution in [0.3, 0.4) is 0 Å². The van der Waals surface area contributed by atoms with Crippen LogP contribution in [0.5, 0.6) is 0 Å². The summed E-state index contributed by atoms with van der Waals surface area (Å²) in [6.45, 7) is 0.406. The van der Waals surface area contributed by atoms with Crippen molar-refractivity contribution in [3.63, 3.8) is 0 Å². The van der Waals surface area contributed by atoms with E-state index in [1.165, 1.54) is 42.9 Å². The molecule has 0 unspecified atom stereocenters. The lowest BCUT2D eigenvalue weighted by atomic mass is 10.2. The fourth-order valence-electron chi connectivity index (χ4n) is 2.93. The van der Waals surface area contributed by atoms with Crippen LogP contribution in [0.4, 0.5) is 5.69 Å². The minimum absolute atomic E-state index is 0.0534. The molecule has 7 nitrogen and oxygen atoms in total. The number of fused-ring (bicyclic) bond motifs is 1. The van der Waals surface area contributed by atoms with Crippen molar-refractivity contribution in [2.75, 3.05) is 26.0 Å². The highest BCUT2D eigenvalue weighted by atomic mass is 32.2. The first-order chi connectivity index (χ1) is 13.7. The first-order valence-corrected chi connectivity index (χ1v) is 11.3. The van der Waals surface area contributed by atoms with Gasteiger partial charge in [-0.2, -0.15) is 0 Å². The highest BCUT2D eigenvalue weighted by molar-refractivity contribution is 8.01. The van der Waals surface area contributed by atoms with Gasteiger partial charge in [-0.15, -0.1) is 11.8 Å². The molecule has 0 fully saturated rings. The lowest BCUT2D eigenvalue weighted by molar-refractivity contribution is -0.124. The number of hydrogen-bond acceptors (Lipinski definition) is 5. The van der Waals surface area contributed by atoms with Crippen LogP contribution in [0.1, 0.15) is 12.0 Å². The Bertz CT molecular complexity index is 1020. The number of benzene rings is 2. The van der Waals surface area contributed by atoms with E-state index < -0.39 is 15.3 Å². The van der Waals surface area contributed by atoms with Crippen LogP contribution in [-0.4, -0.2) is 50.9 Å². The fraction of sp³-hybridized carbons (Fsp3) is 0.300. The number of rotatable bonds is 6. The molecule has 9 heteroatoms. The Balaban J connectivity index is 1.72. The smallest absolute Gasteiger partial charge is 0.242 e. The van der Waals surface area contributed by atoms with Crippen molar-refractivity contribution in [1.82, 2.24) is 9.62 Å². The van der Waals surface area contributed by atoms with Gasteiger partial charge in [0.1, 0.15) is 0 Å². The molecule has 0 spiro atoms. The molecule has 0 aliphatic carbocycles. The summed E-state index contributed by atoms with van der Waals surface area (Å²) in [5.41, 5.74) is 1.52. The monoisotopic (exact) mass is 433 g/mol. The van der Waals surface area contributed by atoms with E-state index in [9.17, 15) is 18.0 Å². The maximum Gasteiger partial charge on any atom is 0.242 e. The lowest BCUT2D eigenvalue weighted by Crippen LogP contribution is -2.41. The number of hydrogen-bond donors (Lipinski definition) is 1. The molecule has 0 saturated heterocycles. The highest BCUT2D eigenvalue weighted by Crippen LogP contribution is 2.41. The third kappa shape index (κ3) is 4.63. The summed E-state index contributed by atoms with van der Waals surface area (Å²) in [4.78, 5) is 27.4. The molecule has 1 atom stereocenters. The van der Waals surface area contributed by atoms with Gasteiger partial charge >= 0.3 is 0 Å². The molecule has 0 bridgehead atoms. The fourth-order valence-corrected chi connectivity index (χ4v) is 5.12. The number of sulfonamides is 1. The van der Waals surface area contributed by atoms with Crippen molar-refractivity contribution in [3.8, 4) is 0 Å². The van der Waals surface area contributed by atoms with Gasteiger partial charge in [-0.1, -0.05) is 30.3 Å². The number of nitrogens with zero attached hydrogens (tertiary/aromatic N) is 2. The molecule has 0 radical (unpaired) electrons. The summed E-state index contributed by atoms with van der Waals surface area (Å²) >= 11 is 1.29. The molecule has 1 heterocycles. The van der Waals surface area contributed by atoms with Crippen LogP contribution in [0, 0.1) is 0 Å². The van der Waals surface area contributed by atoms with E-state index in [0.29, 0.717) is 12.2 Å². The van der Waals surface area contributed by atoms with E-state index in [1.807, 2.05) is 30.3 Å². The standard InChI is InChI=1S/C20H23N3O4S2/c1-22(2)29(26,27)15-9-10-17-16(11-15)23(3)20(25)18(28-17)12-19(24)21-13-14-7-5-4-6-8-14/h4-11,18H,12-13H2,1-3H3,(H,21,24)/t18-/m0/s1. The van der Waals surface area contributed by atoms with Gasteiger partial charge in [0.15, 0.2) is 0 Å². The Morgan fingerprint density at radius 2 is 1.86 bits per heavy atom. The van der Waals surface area contributed by atoms with Gasteiger partial charge in [-0.25, -0.2) is 12.7 Å². The van der Waals surface area contributed by atoms with E-state index in [2.05, 4.69) is 5.32 Å². The maximum atomic E-state index is 12.8. The molecule has 1 N–H and O–H groups in total. The van der Waals surface area contributed by atoms with Gasteiger partial charge < -0.3 is 10.2 Å². The molecule has 154 valence electrons. The molecule has 1 aliphatic heterocycles. The van der Waals surface area contributed by atoms with E-state index in [-0.39, 0.29) is 23.1 Å². The Labute approximate surface area is 175 Å². The number of thioether (sulfide) groups is 1. The average Bonchev–Trinajstić information content (AvgIpc) is 2.70. The molecule has 2 aromatic carbocycles. The number of anilines is 1. The van der Waals surface area contributed by atoms with Gasteiger partial charge in [0.25, 0.3) is 0 Å². The van der Waals surface area contributed by atoms with Crippen molar-refractivity contribution in [2.24, 2.45) is 0 Å². The second kappa shape index (κ2) is 8.56. The molecule has 2 aromatic rings. The third-order valence-corrected chi connectivity index (χ3v) is 7.71. The Morgan fingerprint density at radius 3 is 2.52 bits per heavy atom. The summed E-state index contributed by atoms with van der Waals surface area (Å²) in [7, 11) is 0.925. The minimum Gasteiger partial charge on any atom is -0.352 e. The third-order valence-electron chi connectivity index (χ3n) is 4.65. The van der Waals surface area contributed by atoms with Gasteiger partial charge in [-0.05, 0) is 23.8 Å². The van der Waals surface area contributed by atoms with Crippen molar-refractivity contribution in [2.45, 2.75) is 28.0 Å². The van der Waals surface area contributed by atoms with Gasteiger partial charge in [0.2, 0.25) is 21.8 Å². The molecule has 29 heavy (non-hydrogen) atoms. The lowest BCUT2D eigenvalue weighted by Gasteiger charge is -2.31. The Kier molecular flexibility index (Phi) is 6.30. The SMILES string of the molecule is CN1C(=O)[C@H](CC(=O)NCc2ccccc2)Sc2ccc(S(=O)(=O)N(C)C)cc21. The summed E-state index contributed by atoms with van der Waals surface area (Å²) in [6, 6.07) is 14.3. The van der Waals surface area contributed by atoms with Crippen molar-refractivity contribution >= 4 is 39.3 Å². The van der Waals surface area contributed by atoms with Crippen molar-refractivity contribution < 1.29 is 18.0 Å². The second-order valence-electron chi connectivity index (χ2n) is 6.89. The number of carbonyl (C=O) groups excluding carboxylic acids is 2. The average molecular weight is 434 g/mol. The molecule has 3 rings (SSSR count). The normalized spacial score (nSPS) is 16.6. The zero-order valence-corrected chi connectivity index (χ0v) is 18.1. The Morgan fingerprint density at radius 1 is 1.17 bits per heavy atom. The van der Waals surface area contributed by atoms with Crippen LogP contribution in [-0.2, 0) is 26.2 Å². The van der Waals surface area contributed by atoms with E-state index in [4.69, 9.17) is 0 Å². The second-order valence-corrected chi connectivity index (χ2v) is 10.3. The molecule has 2 amide bonds. The van der Waals surface area contributed by atoms with Gasteiger partial charge in [0, 0.05) is 39.0 Å². The van der Waals surface area contributed by atoms with Crippen LogP contribution in [0.25, 0.3) is 0 Å². The molecular weight excluding hydrogens is 410 g/mol. The minimum atomic E-state index is -3.60. The van der Waals surface area contributed by atoms with E-state index >= 15 is 0 Å². The van der Waals surface area contributed by atoms with Crippen LogP contribution in [0.15, 0.2) is 58.3 Å². The predicted octanol–water partition coefficient (Wildman–Crippen LogP) is 2.08. The highest BCUT2D eigenvalue weighted by Gasteiger charge is 2.34. The zero-order chi connectivity index (χ0) is 21.2. The number of carbonyl (C=O) groups is 2. The predicted molar refractivity (Wildman–Crippen MR) is 113 cm³/mol. The van der Waals surface area contributed by atoms with Crippen molar-refractivity contribution in [3.05, 3.63) is 54.1 Å². The first-order valence-electron chi connectivity index (χ1n) is 9.01. The van der Waals surface area contributed by atoms with Gasteiger partial charge in [0.05, 0.1) is 15.8 Å².